The summed E-state index contributed by atoms with van der Waals surface area (Å²) >= 11 is 0. The lowest BCUT2D eigenvalue weighted by molar-refractivity contribution is -0.151. The van der Waals surface area contributed by atoms with Crippen molar-refractivity contribution in [1.29, 1.82) is 0 Å². The lowest BCUT2D eigenvalue weighted by atomic mass is 9.76. The number of nitrogens with zero attached hydrogens (tertiary/aromatic N) is 1. The third-order valence-corrected chi connectivity index (χ3v) is 7.35. The zero-order valence-electron chi connectivity index (χ0n) is 19.1. The Bertz CT molecular complexity index is 1250. The van der Waals surface area contributed by atoms with Crippen LogP contribution in [0.4, 0.5) is 0 Å². The van der Waals surface area contributed by atoms with Crippen LogP contribution in [0.1, 0.15) is 36.9 Å². The van der Waals surface area contributed by atoms with E-state index < -0.39 is 29.4 Å². The average Bonchev–Trinajstić information content (AvgIpc) is 3.32. The number of nitrogens with one attached hydrogen (secondary N) is 1. The first-order valence-electron chi connectivity index (χ1n) is 11.9. The first kappa shape index (κ1) is 22.3. The number of carboxylic acids is 1. The Morgan fingerprint density at radius 1 is 0.971 bits per heavy atom. The standard InChI is InChI=1S/C28H28N2O4/c1-2-3-16-30-25(31)22-23(26(30)32)28(27(33)34,17-18-10-5-4-6-11-18)29-24(22)21-15-9-13-19-12-7-8-14-20(19)21/h4-15,22-24,29H,2-3,16-17H2,1H3,(H,33,34). The Kier molecular flexibility index (Phi) is 5.70. The first-order chi connectivity index (χ1) is 16.5. The van der Waals surface area contributed by atoms with Crippen LogP contribution in [-0.4, -0.2) is 39.9 Å². The van der Waals surface area contributed by atoms with Gasteiger partial charge in [0.2, 0.25) is 11.8 Å². The highest BCUT2D eigenvalue weighted by Gasteiger charge is 2.68. The molecule has 0 radical (unpaired) electrons. The quantitative estimate of drug-likeness (QED) is 0.526. The van der Waals surface area contributed by atoms with Crippen molar-refractivity contribution in [3.8, 4) is 0 Å². The highest BCUT2D eigenvalue weighted by Crippen LogP contribution is 2.51. The van der Waals surface area contributed by atoms with Gasteiger partial charge in [-0.3, -0.25) is 24.6 Å². The number of carboxylic acid groups (broad SMARTS) is 1. The monoisotopic (exact) mass is 456 g/mol. The molecule has 4 atom stereocenters. The van der Waals surface area contributed by atoms with Crippen molar-refractivity contribution in [3.05, 3.63) is 83.9 Å². The second-order valence-electron chi connectivity index (χ2n) is 9.31. The van der Waals surface area contributed by atoms with Crippen molar-refractivity contribution in [3.63, 3.8) is 0 Å². The van der Waals surface area contributed by atoms with Crippen molar-refractivity contribution in [1.82, 2.24) is 10.2 Å². The van der Waals surface area contributed by atoms with E-state index in [0.717, 1.165) is 28.3 Å². The Labute approximate surface area is 198 Å². The van der Waals surface area contributed by atoms with Gasteiger partial charge in [0, 0.05) is 19.0 Å². The topological polar surface area (TPSA) is 86.7 Å². The predicted octanol–water partition coefficient (Wildman–Crippen LogP) is 3.95. The van der Waals surface area contributed by atoms with Crippen LogP contribution in [0.3, 0.4) is 0 Å². The molecule has 2 N–H and O–H groups in total. The van der Waals surface area contributed by atoms with Crippen LogP contribution in [0, 0.1) is 11.8 Å². The molecule has 2 heterocycles. The third kappa shape index (κ3) is 3.41. The molecule has 2 saturated heterocycles. The van der Waals surface area contributed by atoms with E-state index >= 15 is 0 Å². The van der Waals surface area contributed by atoms with E-state index in [4.69, 9.17) is 0 Å². The summed E-state index contributed by atoms with van der Waals surface area (Å²) in [5.74, 6) is -3.50. The molecule has 2 fully saturated rings. The van der Waals surface area contributed by atoms with Crippen LogP contribution in [0.5, 0.6) is 0 Å². The zero-order valence-corrected chi connectivity index (χ0v) is 19.1. The summed E-state index contributed by atoms with van der Waals surface area (Å²) in [4.78, 5) is 41.6. The fourth-order valence-corrected chi connectivity index (χ4v) is 5.74. The van der Waals surface area contributed by atoms with Crippen molar-refractivity contribution >= 4 is 28.6 Å². The summed E-state index contributed by atoms with van der Waals surface area (Å²) < 4.78 is 0. The minimum atomic E-state index is -1.58. The fraction of sp³-hybridized carbons (Fsp3) is 0.321. The Morgan fingerprint density at radius 3 is 2.41 bits per heavy atom. The lowest BCUT2D eigenvalue weighted by Crippen LogP contribution is -2.57. The van der Waals surface area contributed by atoms with Crippen LogP contribution >= 0.6 is 0 Å². The Balaban J connectivity index is 1.67. The molecule has 2 amide bonds. The maximum atomic E-state index is 13.7. The zero-order chi connectivity index (χ0) is 23.9. The van der Waals surface area contributed by atoms with Crippen LogP contribution in [0.25, 0.3) is 10.8 Å². The lowest BCUT2D eigenvalue weighted by Gasteiger charge is -2.31. The van der Waals surface area contributed by atoms with Gasteiger partial charge in [0.05, 0.1) is 11.8 Å². The normalized spacial score (nSPS) is 26.3. The number of fused-ring (bicyclic) bond motifs is 2. The molecule has 0 aliphatic carbocycles. The molecular formula is C28H28N2O4. The number of hydrogen-bond donors (Lipinski definition) is 2. The van der Waals surface area contributed by atoms with Crippen molar-refractivity contribution in [2.45, 2.75) is 37.8 Å². The second-order valence-corrected chi connectivity index (χ2v) is 9.31. The van der Waals surface area contributed by atoms with Gasteiger partial charge in [-0.15, -0.1) is 0 Å². The van der Waals surface area contributed by atoms with Gasteiger partial charge in [-0.1, -0.05) is 86.1 Å². The molecule has 6 nitrogen and oxygen atoms in total. The molecule has 0 bridgehead atoms. The molecule has 3 aromatic carbocycles. The molecule has 0 aromatic heterocycles. The van der Waals surface area contributed by atoms with Gasteiger partial charge < -0.3 is 5.11 Å². The summed E-state index contributed by atoms with van der Waals surface area (Å²) in [5, 5.41) is 15.9. The summed E-state index contributed by atoms with van der Waals surface area (Å²) in [6.07, 6.45) is 1.65. The molecule has 4 unspecified atom stereocenters. The van der Waals surface area contributed by atoms with Gasteiger partial charge >= 0.3 is 5.97 Å². The second kappa shape index (κ2) is 8.69. The van der Waals surface area contributed by atoms with Crippen molar-refractivity contribution in [2.75, 3.05) is 6.54 Å². The number of unbranched alkanes of at least 4 members (excludes halogenated alkanes) is 1. The summed E-state index contributed by atoms with van der Waals surface area (Å²) in [6.45, 7) is 2.33. The number of likely N-dealkylation sites (tertiary alicyclic amines) is 1. The molecule has 0 spiro atoms. The van der Waals surface area contributed by atoms with Crippen molar-refractivity contribution < 1.29 is 19.5 Å². The average molecular weight is 457 g/mol. The van der Waals surface area contributed by atoms with E-state index in [1.54, 1.807) is 0 Å². The van der Waals surface area contributed by atoms with E-state index in [9.17, 15) is 19.5 Å². The van der Waals surface area contributed by atoms with Crippen LogP contribution in [-0.2, 0) is 20.8 Å². The third-order valence-electron chi connectivity index (χ3n) is 7.35. The van der Waals surface area contributed by atoms with Crippen LogP contribution < -0.4 is 5.32 Å². The summed E-state index contributed by atoms with van der Waals surface area (Å²) in [7, 11) is 0. The molecule has 0 saturated carbocycles. The van der Waals surface area contributed by atoms with Crippen molar-refractivity contribution in [2.24, 2.45) is 11.8 Å². The smallest absolute Gasteiger partial charge is 0.325 e. The molecule has 2 aliphatic heterocycles. The van der Waals surface area contributed by atoms with E-state index in [2.05, 4.69) is 5.32 Å². The largest absolute Gasteiger partial charge is 0.480 e. The van der Waals surface area contributed by atoms with E-state index in [0.29, 0.717) is 13.0 Å². The maximum Gasteiger partial charge on any atom is 0.325 e. The van der Waals surface area contributed by atoms with Gasteiger partial charge in [0.15, 0.2) is 0 Å². The number of amides is 2. The predicted molar refractivity (Wildman–Crippen MR) is 129 cm³/mol. The Hall–Kier alpha value is -3.51. The molecule has 2 aliphatic rings. The minimum absolute atomic E-state index is 0.117. The SMILES string of the molecule is CCCCN1C(=O)C2C(c3cccc4ccccc34)NC(Cc3ccccc3)(C(=O)O)C2C1=O. The van der Waals surface area contributed by atoms with Gasteiger partial charge in [0.25, 0.3) is 0 Å². The summed E-state index contributed by atoms with van der Waals surface area (Å²) in [6, 6.07) is 22.4. The van der Waals surface area contributed by atoms with Gasteiger partial charge in [-0.05, 0) is 28.3 Å². The van der Waals surface area contributed by atoms with Crippen LogP contribution in [0.15, 0.2) is 72.8 Å². The number of rotatable bonds is 7. The molecule has 174 valence electrons. The molecule has 5 rings (SSSR count). The fourth-order valence-electron chi connectivity index (χ4n) is 5.74. The summed E-state index contributed by atoms with van der Waals surface area (Å²) in [5.41, 5.74) is 0.0752. The number of carbonyl (C=O) groups excluding carboxylic acids is 2. The minimum Gasteiger partial charge on any atom is -0.480 e. The number of carbonyl (C=O) groups is 3. The number of imide groups is 1. The number of hydrogen-bond acceptors (Lipinski definition) is 4. The van der Waals surface area contributed by atoms with Gasteiger partial charge in [-0.25, -0.2) is 0 Å². The highest BCUT2D eigenvalue weighted by atomic mass is 16.4. The van der Waals surface area contributed by atoms with Gasteiger partial charge in [-0.2, -0.15) is 0 Å². The van der Waals surface area contributed by atoms with E-state index in [1.807, 2.05) is 79.7 Å². The van der Waals surface area contributed by atoms with Crippen LogP contribution in [0.2, 0.25) is 0 Å². The van der Waals surface area contributed by atoms with E-state index in [1.165, 1.54) is 4.90 Å². The molecule has 6 heteroatoms. The molecule has 34 heavy (non-hydrogen) atoms. The van der Waals surface area contributed by atoms with E-state index in [-0.39, 0.29) is 18.2 Å². The number of aliphatic carboxylic acids is 1. The molecular weight excluding hydrogens is 428 g/mol. The maximum absolute atomic E-state index is 13.7. The highest BCUT2D eigenvalue weighted by molar-refractivity contribution is 6.09. The van der Waals surface area contributed by atoms with Gasteiger partial charge in [0.1, 0.15) is 5.54 Å². The number of benzene rings is 3. The first-order valence-corrected chi connectivity index (χ1v) is 11.9. The molecule has 3 aromatic rings. The Morgan fingerprint density at radius 2 is 1.68 bits per heavy atom.